The van der Waals surface area contributed by atoms with Gasteiger partial charge in [-0.1, -0.05) is 0 Å². The number of nitrogens with zero attached hydrogens (tertiary/aromatic N) is 2. The van der Waals surface area contributed by atoms with Gasteiger partial charge < -0.3 is 9.88 Å². The highest BCUT2D eigenvalue weighted by molar-refractivity contribution is 5.13. The zero-order valence-corrected chi connectivity index (χ0v) is 8.38. The lowest BCUT2D eigenvalue weighted by Crippen LogP contribution is -2.27. The van der Waals surface area contributed by atoms with Gasteiger partial charge in [0.15, 0.2) is 0 Å². The smallest absolute Gasteiger partial charge is 0.0951 e. The highest BCUT2D eigenvalue weighted by Gasteiger charge is 2.19. The number of hydrogen-bond donors (Lipinski definition) is 1. The molecule has 1 atom stereocenters. The van der Waals surface area contributed by atoms with E-state index in [9.17, 15) is 0 Å². The topological polar surface area (TPSA) is 29.9 Å². The molecule has 1 unspecified atom stereocenters. The Kier molecular flexibility index (Phi) is 2.36. The summed E-state index contributed by atoms with van der Waals surface area (Å²) in [5.74, 6) is 0.783. The third-order valence-corrected chi connectivity index (χ3v) is 2.89. The molecule has 1 aliphatic rings. The summed E-state index contributed by atoms with van der Waals surface area (Å²) >= 11 is 0. The van der Waals surface area contributed by atoms with Gasteiger partial charge in [0, 0.05) is 12.2 Å². The fourth-order valence-electron chi connectivity index (χ4n) is 2.16. The molecule has 1 N–H and O–H groups in total. The van der Waals surface area contributed by atoms with Crippen molar-refractivity contribution in [1.82, 2.24) is 14.9 Å². The summed E-state index contributed by atoms with van der Waals surface area (Å²) in [7, 11) is 2.02. The third kappa shape index (κ3) is 1.61. The van der Waals surface area contributed by atoms with Crippen LogP contribution < -0.4 is 5.32 Å². The molecule has 0 bridgehead atoms. The van der Waals surface area contributed by atoms with Gasteiger partial charge in [-0.15, -0.1) is 0 Å². The highest BCUT2D eigenvalue weighted by atomic mass is 15.1. The number of aryl methyl sites for hydroxylation is 1. The first kappa shape index (κ1) is 8.75. The molecule has 0 spiro atoms. The van der Waals surface area contributed by atoms with Crippen LogP contribution in [-0.4, -0.2) is 23.1 Å². The Hall–Kier alpha value is -0.830. The molecule has 1 aromatic rings. The Morgan fingerprint density at radius 2 is 2.54 bits per heavy atom. The molecule has 0 saturated carbocycles. The summed E-state index contributed by atoms with van der Waals surface area (Å²) in [4.78, 5) is 4.34. The van der Waals surface area contributed by atoms with Crippen LogP contribution in [0.25, 0.3) is 0 Å². The minimum atomic E-state index is 0.783. The van der Waals surface area contributed by atoms with Gasteiger partial charge in [-0.25, -0.2) is 4.98 Å². The first-order chi connectivity index (χ1) is 6.31. The summed E-state index contributed by atoms with van der Waals surface area (Å²) in [5, 5.41) is 3.24. The number of fused-ring (bicyclic) bond motifs is 1. The highest BCUT2D eigenvalue weighted by Crippen LogP contribution is 2.21. The van der Waals surface area contributed by atoms with Crippen molar-refractivity contribution in [3.05, 3.63) is 17.7 Å². The monoisotopic (exact) mass is 179 g/mol. The summed E-state index contributed by atoms with van der Waals surface area (Å²) < 4.78 is 2.31. The van der Waals surface area contributed by atoms with Crippen LogP contribution in [-0.2, 0) is 13.0 Å². The van der Waals surface area contributed by atoms with Crippen molar-refractivity contribution in [2.75, 3.05) is 13.6 Å². The average Bonchev–Trinajstić information content (AvgIpc) is 2.48. The SMILES string of the molecule is CNCC1CCc2c(C)ncn2C1. The second-order valence-corrected chi connectivity index (χ2v) is 3.89. The average molecular weight is 179 g/mol. The number of hydrogen-bond acceptors (Lipinski definition) is 2. The van der Waals surface area contributed by atoms with Crippen LogP contribution in [0.15, 0.2) is 6.33 Å². The van der Waals surface area contributed by atoms with E-state index < -0.39 is 0 Å². The molecular formula is C10H17N3. The minimum absolute atomic E-state index is 0.783. The van der Waals surface area contributed by atoms with E-state index in [2.05, 4.69) is 21.8 Å². The zero-order chi connectivity index (χ0) is 9.26. The van der Waals surface area contributed by atoms with Gasteiger partial charge in [-0.05, 0) is 39.3 Å². The van der Waals surface area contributed by atoms with E-state index in [-0.39, 0.29) is 0 Å². The second-order valence-electron chi connectivity index (χ2n) is 3.89. The van der Waals surface area contributed by atoms with E-state index in [4.69, 9.17) is 0 Å². The maximum Gasteiger partial charge on any atom is 0.0951 e. The molecule has 0 amide bonds. The van der Waals surface area contributed by atoms with Crippen LogP contribution in [0.2, 0.25) is 0 Å². The number of nitrogens with one attached hydrogen (secondary N) is 1. The van der Waals surface area contributed by atoms with Crippen molar-refractivity contribution in [3.8, 4) is 0 Å². The van der Waals surface area contributed by atoms with Gasteiger partial charge in [-0.3, -0.25) is 0 Å². The van der Waals surface area contributed by atoms with Crippen LogP contribution >= 0.6 is 0 Å². The molecule has 1 aromatic heterocycles. The van der Waals surface area contributed by atoms with Crippen LogP contribution in [0.4, 0.5) is 0 Å². The summed E-state index contributed by atoms with van der Waals surface area (Å²) in [6.07, 6.45) is 4.47. The summed E-state index contributed by atoms with van der Waals surface area (Å²) in [5.41, 5.74) is 2.65. The lowest BCUT2D eigenvalue weighted by atomic mass is 9.97. The van der Waals surface area contributed by atoms with Crippen LogP contribution in [0.1, 0.15) is 17.8 Å². The molecule has 2 heterocycles. The van der Waals surface area contributed by atoms with E-state index in [1.165, 1.54) is 24.2 Å². The van der Waals surface area contributed by atoms with E-state index in [0.717, 1.165) is 19.0 Å². The molecule has 13 heavy (non-hydrogen) atoms. The molecule has 0 fully saturated rings. The quantitative estimate of drug-likeness (QED) is 0.733. The molecule has 0 saturated heterocycles. The van der Waals surface area contributed by atoms with Crippen molar-refractivity contribution >= 4 is 0 Å². The largest absolute Gasteiger partial charge is 0.334 e. The minimum Gasteiger partial charge on any atom is -0.334 e. The van der Waals surface area contributed by atoms with E-state index >= 15 is 0 Å². The standard InChI is InChI=1S/C10H17N3/c1-8-10-4-3-9(5-11-2)6-13(10)7-12-8/h7,9,11H,3-6H2,1-2H3. The molecule has 2 rings (SSSR count). The fourth-order valence-corrected chi connectivity index (χ4v) is 2.16. The Labute approximate surface area is 79.2 Å². The molecule has 1 aliphatic heterocycles. The molecule has 0 aliphatic carbocycles. The molecule has 3 nitrogen and oxygen atoms in total. The van der Waals surface area contributed by atoms with E-state index in [0.29, 0.717) is 0 Å². The van der Waals surface area contributed by atoms with Gasteiger partial charge in [0.05, 0.1) is 12.0 Å². The van der Waals surface area contributed by atoms with E-state index in [1.54, 1.807) is 0 Å². The first-order valence-corrected chi connectivity index (χ1v) is 4.96. The van der Waals surface area contributed by atoms with Gasteiger partial charge >= 0.3 is 0 Å². The maximum atomic E-state index is 4.34. The molecule has 0 aromatic carbocycles. The van der Waals surface area contributed by atoms with Gasteiger partial charge in [0.1, 0.15) is 0 Å². The number of rotatable bonds is 2. The molecule has 0 radical (unpaired) electrons. The van der Waals surface area contributed by atoms with E-state index in [1.807, 2.05) is 13.4 Å². The fraction of sp³-hybridized carbons (Fsp3) is 0.700. The third-order valence-electron chi connectivity index (χ3n) is 2.89. The Morgan fingerprint density at radius 1 is 1.69 bits per heavy atom. The van der Waals surface area contributed by atoms with Gasteiger partial charge in [0.25, 0.3) is 0 Å². The van der Waals surface area contributed by atoms with Gasteiger partial charge in [-0.2, -0.15) is 0 Å². The van der Waals surface area contributed by atoms with Crippen LogP contribution in [0.3, 0.4) is 0 Å². The molecular weight excluding hydrogens is 162 g/mol. The maximum absolute atomic E-state index is 4.34. The summed E-state index contributed by atoms with van der Waals surface area (Å²) in [6.45, 7) is 4.36. The zero-order valence-electron chi connectivity index (χ0n) is 8.38. The predicted molar refractivity (Wildman–Crippen MR) is 52.7 cm³/mol. The van der Waals surface area contributed by atoms with Crippen molar-refractivity contribution in [1.29, 1.82) is 0 Å². The van der Waals surface area contributed by atoms with Crippen molar-refractivity contribution in [2.45, 2.75) is 26.3 Å². The lowest BCUT2D eigenvalue weighted by molar-refractivity contribution is 0.359. The summed E-state index contributed by atoms with van der Waals surface area (Å²) in [6, 6.07) is 0. The van der Waals surface area contributed by atoms with Crippen molar-refractivity contribution in [2.24, 2.45) is 5.92 Å². The van der Waals surface area contributed by atoms with Crippen LogP contribution in [0.5, 0.6) is 0 Å². The predicted octanol–water partition coefficient (Wildman–Crippen LogP) is 0.973. The second kappa shape index (κ2) is 3.50. The number of aromatic nitrogens is 2. The number of imidazole rings is 1. The Balaban J connectivity index is 2.11. The first-order valence-electron chi connectivity index (χ1n) is 4.96. The van der Waals surface area contributed by atoms with Gasteiger partial charge in [0.2, 0.25) is 0 Å². The van der Waals surface area contributed by atoms with Crippen molar-refractivity contribution < 1.29 is 0 Å². The normalized spacial score (nSPS) is 21.5. The lowest BCUT2D eigenvalue weighted by Gasteiger charge is -2.24. The Bertz CT molecular complexity index is 290. The molecule has 3 heteroatoms. The molecule has 72 valence electrons. The van der Waals surface area contributed by atoms with Crippen molar-refractivity contribution in [3.63, 3.8) is 0 Å². The Morgan fingerprint density at radius 3 is 3.31 bits per heavy atom. The van der Waals surface area contributed by atoms with Crippen LogP contribution in [0, 0.1) is 12.8 Å².